The first-order chi connectivity index (χ1) is 14.7. The highest BCUT2D eigenvalue weighted by Crippen LogP contribution is 2.30. The van der Waals surface area contributed by atoms with Crippen LogP contribution < -0.4 is 14.4 Å². The van der Waals surface area contributed by atoms with Gasteiger partial charge >= 0.3 is 0 Å². The third-order valence-electron chi connectivity index (χ3n) is 6.23. The number of piperazine rings is 1. The summed E-state index contributed by atoms with van der Waals surface area (Å²) in [5, 5.41) is 10.4. The lowest BCUT2D eigenvalue weighted by Crippen LogP contribution is -2.46. The van der Waals surface area contributed by atoms with Crippen LogP contribution in [0.1, 0.15) is 23.8 Å². The number of ether oxygens (including phenoxy) is 2. The molecule has 1 saturated heterocycles. The maximum Gasteiger partial charge on any atom is 0.142 e. The Morgan fingerprint density at radius 3 is 2.63 bits per heavy atom. The van der Waals surface area contributed by atoms with E-state index in [0.29, 0.717) is 6.61 Å². The number of anilines is 1. The summed E-state index contributed by atoms with van der Waals surface area (Å²) in [6.45, 7) is 6.74. The van der Waals surface area contributed by atoms with Gasteiger partial charge in [0.25, 0.3) is 0 Å². The molecule has 1 unspecified atom stereocenters. The summed E-state index contributed by atoms with van der Waals surface area (Å²) in [6, 6.07) is 14.4. The maximum atomic E-state index is 10.4. The quantitative estimate of drug-likeness (QED) is 0.707. The Hall–Kier alpha value is -2.28. The Kier molecular flexibility index (Phi) is 6.77. The Morgan fingerprint density at radius 1 is 1.03 bits per heavy atom. The van der Waals surface area contributed by atoms with Crippen LogP contribution in [0.4, 0.5) is 5.69 Å². The largest absolute Gasteiger partial charge is 0.495 e. The van der Waals surface area contributed by atoms with Crippen LogP contribution in [0, 0.1) is 0 Å². The van der Waals surface area contributed by atoms with Crippen LogP contribution in [0.25, 0.3) is 0 Å². The van der Waals surface area contributed by atoms with E-state index >= 15 is 0 Å². The van der Waals surface area contributed by atoms with Crippen molar-refractivity contribution in [2.75, 3.05) is 64.9 Å². The fourth-order valence-electron chi connectivity index (χ4n) is 4.37. The second-order valence-corrected chi connectivity index (χ2v) is 8.17. The van der Waals surface area contributed by atoms with Crippen molar-refractivity contribution in [1.82, 2.24) is 9.80 Å². The first-order valence-corrected chi connectivity index (χ1v) is 10.9. The average Bonchev–Trinajstić information content (AvgIpc) is 2.80. The number of fused-ring (bicyclic) bond motifs is 1. The molecule has 0 bridgehead atoms. The normalized spacial score (nSPS) is 20.1. The Balaban J connectivity index is 1.21. The van der Waals surface area contributed by atoms with Crippen LogP contribution in [0.2, 0.25) is 0 Å². The van der Waals surface area contributed by atoms with Crippen molar-refractivity contribution in [1.29, 1.82) is 0 Å². The lowest BCUT2D eigenvalue weighted by atomic mass is 9.98. The van der Waals surface area contributed by atoms with Gasteiger partial charge in [-0.3, -0.25) is 9.80 Å². The van der Waals surface area contributed by atoms with E-state index in [2.05, 4.69) is 28.0 Å². The van der Waals surface area contributed by atoms with Gasteiger partial charge < -0.3 is 19.5 Å². The van der Waals surface area contributed by atoms with Crippen LogP contribution in [0.15, 0.2) is 42.5 Å². The van der Waals surface area contributed by atoms with Gasteiger partial charge in [0, 0.05) is 44.8 Å². The summed E-state index contributed by atoms with van der Waals surface area (Å²) in [7, 11) is 3.69. The summed E-state index contributed by atoms with van der Waals surface area (Å²) in [6.07, 6.45) is 1.44. The zero-order chi connectivity index (χ0) is 20.9. The number of rotatable bonds is 7. The van der Waals surface area contributed by atoms with Gasteiger partial charge in [0.15, 0.2) is 0 Å². The molecule has 1 fully saturated rings. The van der Waals surface area contributed by atoms with E-state index in [1.807, 2.05) is 36.2 Å². The smallest absolute Gasteiger partial charge is 0.142 e. The molecule has 162 valence electrons. The third kappa shape index (κ3) is 4.72. The number of hydrogen-bond donors (Lipinski definition) is 1. The highest BCUT2D eigenvalue weighted by Gasteiger charge is 2.23. The number of para-hydroxylation sites is 2. The van der Waals surface area contributed by atoms with Crippen molar-refractivity contribution in [2.24, 2.45) is 0 Å². The molecule has 0 aromatic heterocycles. The lowest BCUT2D eigenvalue weighted by Gasteiger charge is -2.36. The SMILES string of the molecule is COc1ccccc1N1CCN(CCCOc2ccc3c(c2)C(O)N(C)CC3)CC1. The van der Waals surface area contributed by atoms with Gasteiger partial charge in [-0.2, -0.15) is 0 Å². The lowest BCUT2D eigenvalue weighted by molar-refractivity contribution is 0.0126. The zero-order valence-corrected chi connectivity index (χ0v) is 18.1. The summed E-state index contributed by atoms with van der Waals surface area (Å²) in [4.78, 5) is 6.87. The predicted octanol–water partition coefficient (Wildman–Crippen LogP) is 2.77. The van der Waals surface area contributed by atoms with Crippen molar-refractivity contribution in [3.05, 3.63) is 53.6 Å². The molecule has 0 amide bonds. The molecule has 0 radical (unpaired) electrons. The van der Waals surface area contributed by atoms with E-state index < -0.39 is 6.23 Å². The first-order valence-electron chi connectivity index (χ1n) is 10.9. The number of aliphatic hydroxyl groups is 1. The van der Waals surface area contributed by atoms with E-state index in [1.165, 1.54) is 11.3 Å². The van der Waals surface area contributed by atoms with Crippen molar-refractivity contribution in [3.8, 4) is 11.5 Å². The van der Waals surface area contributed by atoms with E-state index in [0.717, 1.165) is 69.2 Å². The fraction of sp³-hybridized carbons (Fsp3) is 0.500. The summed E-state index contributed by atoms with van der Waals surface area (Å²) < 4.78 is 11.5. The molecule has 0 aliphatic carbocycles. The van der Waals surface area contributed by atoms with Crippen LogP contribution in [-0.2, 0) is 6.42 Å². The van der Waals surface area contributed by atoms with Gasteiger partial charge in [0.2, 0.25) is 0 Å². The van der Waals surface area contributed by atoms with Crippen molar-refractivity contribution in [2.45, 2.75) is 19.1 Å². The molecule has 1 atom stereocenters. The molecule has 0 saturated carbocycles. The minimum atomic E-state index is -0.531. The fourth-order valence-corrected chi connectivity index (χ4v) is 4.37. The molecule has 2 aliphatic rings. The number of hydrogen-bond acceptors (Lipinski definition) is 6. The average molecular weight is 412 g/mol. The number of nitrogens with zero attached hydrogens (tertiary/aromatic N) is 3. The second-order valence-electron chi connectivity index (χ2n) is 8.17. The highest BCUT2D eigenvalue weighted by atomic mass is 16.5. The van der Waals surface area contributed by atoms with Crippen molar-refractivity contribution >= 4 is 5.69 Å². The minimum Gasteiger partial charge on any atom is -0.495 e. The van der Waals surface area contributed by atoms with E-state index in [1.54, 1.807) is 7.11 Å². The standard InChI is InChI=1S/C24H33N3O3/c1-25-12-10-19-8-9-20(18-21(19)24(25)28)30-17-5-11-26-13-15-27(16-14-26)22-6-3-4-7-23(22)29-2/h3-4,6-9,18,24,28H,5,10-17H2,1-2H3. The first kappa shape index (κ1) is 21.0. The topological polar surface area (TPSA) is 48.4 Å². The zero-order valence-electron chi connectivity index (χ0n) is 18.1. The molecule has 2 aromatic rings. The van der Waals surface area contributed by atoms with Crippen LogP contribution in [-0.4, -0.2) is 74.9 Å². The molecule has 4 rings (SSSR count). The molecule has 6 nitrogen and oxygen atoms in total. The molecule has 1 N–H and O–H groups in total. The highest BCUT2D eigenvalue weighted by molar-refractivity contribution is 5.58. The molecule has 6 heteroatoms. The Bertz CT molecular complexity index is 836. The van der Waals surface area contributed by atoms with Gasteiger partial charge in [-0.15, -0.1) is 0 Å². The van der Waals surface area contributed by atoms with Gasteiger partial charge in [-0.05, 0) is 49.7 Å². The van der Waals surface area contributed by atoms with Crippen LogP contribution >= 0.6 is 0 Å². The summed E-state index contributed by atoms with van der Waals surface area (Å²) in [5.74, 6) is 1.80. The van der Waals surface area contributed by atoms with E-state index in [9.17, 15) is 5.11 Å². The van der Waals surface area contributed by atoms with Crippen LogP contribution in [0.3, 0.4) is 0 Å². The number of methoxy groups -OCH3 is 1. The molecule has 2 heterocycles. The van der Waals surface area contributed by atoms with Gasteiger partial charge in [0.05, 0.1) is 19.4 Å². The van der Waals surface area contributed by atoms with Crippen LogP contribution in [0.5, 0.6) is 11.5 Å². The third-order valence-corrected chi connectivity index (χ3v) is 6.23. The van der Waals surface area contributed by atoms with Crippen molar-refractivity contribution < 1.29 is 14.6 Å². The van der Waals surface area contributed by atoms with Gasteiger partial charge in [-0.25, -0.2) is 0 Å². The minimum absolute atomic E-state index is 0.531. The summed E-state index contributed by atoms with van der Waals surface area (Å²) in [5.41, 5.74) is 3.39. The Morgan fingerprint density at radius 2 is 1.83 bits per heavy atom. The van der Waals surface area contributed by atoms with E-state index in [4.69, 9.17) is 9.47 Å². The number of aliphatic hydroxyl groups excluding tert-OH is 1. The molecule has 2 aromatic carbocycles. The molecule has 30 heavy (non-hydrogen) atoms. The number of benzene rings is 2. The van der Waals surface area contributed by atoms with Gasteiger partial charge in [-0.1, -0.05) is 18.2 Å². The molecule has 0 spiro atoms. The molecular weight excluding hydrogens is 378 g/mol. The maximum absolute atomic E-state index is 10.4. The van der Waals surface area contributed by atoms with E-state index in [-0.39, 0.29) is 0 Å². The van der Waals surface area contributed by atoms with Crippen molar-refractivity contribution in [3.63, 3.8) is 0 Å². The summed E-state index contributed by atoms with van der Waals surface area (Å²) >= 11 is 0. The van der Waals surface area contributed by atoms with Gasteiger partial charge in [0.1, 0.15) is 17.7 Å². The Labute approximate surface area is 179 Å². The predicted molar refractivity (Wildman–Crippen MR) is 119 cm³/mol. The number of likely N-dealkylation sites (N-methyl/N-ethyl adjacent to an activating group) is 1. The monoisotopic (exact) mass is 411 g/mol. The molecular formula is C24H33N3O3. The second kappa shape index (κ2) is 9.69. The molecule has 2 aliphatic heterocycles.